The van der Waals surface area contributed by atoms with E-state index in [1.54, 1.807) is 12.3 Å². The maximum absolute atomic E-state index is 9.42. The molecule has 2 aromatic heterocycles. The quantitative estimate of drug-likeness (QED) is 0.169. The Morgan fingerprint density at radius 3 is 2.60 bits per heavy atom. The molecule has 3 heterocycles. The van der Waals surface area contributed by atoms with Crippen LogP contribution in [0.2, 0.25) is 5.02 Å². The Balaban J connectivity index is 1.21. The molecule has 0 radical (unpaired) electrons. The van der Waals surface area contributed by atoms with E-state index >= 15 is 0 Å². The Morgan fingerprint density at radius 2 is 1.81 bits per heavy atom. The van der Waals surface area contributed by atoms with Gasteiger partial charge in [0.2, 0.25) is 0 Å². The highest BCUT2D eigenvalue weighted by Gasteiger charge is 2.20. The van der Waals surface area contributed by atoms with Crippen molar-refractivity contribution >= 4 is 28.7 Å². The SMILES string of the molecule is Cc1c(COc2cc(OCc3cncc(C#N)c3)c(CN(C)CCO)cc2Cl)cccc1-c1ccc2oc(N3CCN(C)CC3)nc2c1. The van der Waals surface area contributed by atoms with E-state index in [0.717, 1.165) is 70.7 Å². The summed E-state index contributed by atoms with van der Waals surface area (Å²) in [5.74, 6) is 1.10. The van der Waals surface area contributed by atoms with Crippen molar-refractivity contribution in [3.63, 3.8) is 0 Å². The number of rotatable bonds is 12. The maximum Gasteiger partial charge on any atom is 0.298 e. The number of hydrogen-bond acceptors (Lipinski definition) is 10. The highest BCUT2D eigenvalue weighted by Crippen LogP contribution is 2.36. The first-order valence-corrected chi connectivity index (χ1v) is 16.3. The third-order valence-corrected chi connectivity index (χ3v) is 8.94. The third-order valence-electron chi connectivity index (χ3n) is 8.65. The molecule has 5 aromatic rings. The number of ether oxygens (including phenoxy) is 2. The van der Waals surface area contributed by atoms with Gasteiger partial charge in [-0.25, -0.2) is 0 Å². The molecule has 3 aromatic carbocycles. The van der Waals surface area contributed by atoms with Crippen LogP contribution >= 0.6 is 11.6 Å². The number of aromatic nitrogens is 2. The Bertz CT molecular complexity index is 1930. The van der Waals surface area contributed by atoms with Crippen LogP contribution in [0, 0.1) is 18.3 Å². The third kappa shape index (κ3) is 7.72. The summed E-state index contributed by atoms with van der Waals surface area (Å²) in [6, 6.07) is 20.5. The average Bonchev–Trinajstić information content (AvgIpc) is 3.52. The molecule has 0 saturated carbocycles. The van der Waals surface area contributed by atoms with Crippen LogP contribution in [0.15, 0.2) is 71.4 Å². The summed E-state index contributed by atoms with van der Waals surface area (Å²) in [6.07, 6.45) is 3.19. The Morgan fingerprint density at radius 1 is 1.00 bits per heavy atom. The van der Waals surface area contributed by atoms with E-state index < -0.39 is 0 Å². The van der Waals surface area contributed by atoms with Gasteiger partial charge in [-0.1, -0.05) is 35.9 Å². The molecule has 248 valence electrons. The fourth-order valence-electron chi connectivity index (χ4n) is 5.80. The summed E-state index contributed by atoms with van der Waals surface area (Å²) in [4.78, 5) is 15.5. The Hall–Kier alpha value is -4.66. The summed E-state index contributed by atoms with van der Waals surface area (Å²) in [5.41, 5.74) is 7.97. The molecule has 1 aliphatic heterocycles. The van der Waals surface area contributed by atoms with Crippen molar-refractivity contribution in [3.05, 3.63) is 99.8 Å². The van der Waals surface area contributed by atoms with Crippen LogP contribution < -0.4 is 14.4 Å². The van der Waals surface area contributed by atoms with E-state index in [4.69, 9.17) is 30.5 Å². The molecular weight excluding hydrogens is 628 g/mol. The molecule has 48 heavy (non-hydrogen) atoms. The molecule has 1 aliphatic rings. The number of oxazole rings is 1. The van der Waals surface area contributed by atoms with Gasteiger partial charge in [0.05, 0.1) is 17.2 Å². The van der Waals surface area contributed by atoms with Gasteiger partial charge in [0.15, 0.2) is 5.58 Å². The van der Waals surface area contributed by atoms with Gasteiger partial charge in [-0.2, -0.15) is 10.2 Å². The summed E-state index contributed by atoms with van der Waals surface area (Å²) in [5, 5.41) is 19.1. The highest BCUT2D eigenvalue weighted by atomic mass is 35.5. The first kappa shape index (κ1) is 33.2. The van der Waals surface area contributed by atoms with Crippen LogP contribution in [0.25, 0.3) is 22.2 Å². The molecule has 0 spiro atoms. The van der Waals surface area contributed by atoms with Gasteiger partial charge in [0.25, 0.3) is 6.01 Å². The number of likely N-dealkylation sites (N-methyl/N-ethyl adjacent to an activating group) is 2. The molecule has 0 aliphatic carbocycles. The molecule has 1 fully saturated rings. The van der Waals surface area contributed by atoms with Crippen LogP contribution in [0.5, 0.6) is 11.5 Å². The molecule has 1 saturated heterocycles. The van der Waals surface area contributed by atoms with E-state index in [9.17, 15) is 10.4 Å². The second-order valence-electron chi connectivity index (χ2n) is 12.2. The van der Waals surface area contributed by atoms with Gasteiger partial charge in [-0.15, -0.1) is 0 Å². The number of anilines is 1. The number of pyridine rings is 1. The smallest absolute Gasteiger partial charge is 0.298 e. The first-order valence-electron chi connectivity index (χ1n) is 16.0. The summed E-state index contributed by atoms with van der Waals surface area (Å²) in [7, 11) is 4.05. The zero-order valence-corrected chi connectivity index (χ0v) is 28.2. The highest BCUT2D eigenvalue weighted by molar-refractivity contribution is 6.32. The maximum atomic E-state index is 9.42. The van der Waals surface area contributed by atoms with Gasteiger partial charge in [-0.05, 0) is 67.5 Å². The molecule has 0 unspecified atom stereocenters. The number of aliphatic hydroxyl groups is 1. The molecule has 0 amide bonds. The molecule has 0 atom stereocenters. The predicted molar refractivity (Wildman–Crippen MR) is 186 cm³/mol. The lowest BCUT2D eigenvalue weighted by molar-refractivity contribution is 0.214. The van der Waals surface area contributed by atoms with Crippen molar-refractivity contribution in [1.29, 1.82) is 5.26 Å². The Kier molecular flexibility index (Phi) is 10.4. The van der Waals surface area contributed by atoms with Crippen molar-refractivity contribution in [2.24, 2.45) is 0 Å². The fraction of sp³-hybridized carbons (Fsp3) is 0.324. The second-order valence-corrected chi connectivity index (χ2v) is 12.6. The standard InChI is InChI=1S/C37H39ClN6O4/c1-25-29(5-4-6-31(25)28-7-8-34-33(17-28)41-37(48-34)44-11-9-42(2)10-12-44)24-47-36-18-35(30(16-32(36)38)22-43(3)13-14-45)46-23-27-15-26(19-39)20-40-21-27/h4-8,15-18,20-21,45H,9-14,22-24H2,1-3H3. The Labute approximate surface area is 285 Å². The summed E-state index contributed by atoms with van der Waals surface area (Å²) >= 11 is 6.76. The van der Waals surface area contributed by atoms with E-state index in [-0.39, 0.29) is 13.2 Å². The van der Waals surface area contributed by atoms with Crippen LogP contribution in [-0.2, 0) is 19.8 Å². The van der Waals surface area contributed by atoms with Crippen molar-refractivity contribution in [1.82, 2.24) is 19.8 Å². The minimum atomic E-state index is 0.0384. The fourth-order valence-corrected chi connectivity index (χ4v) is 6.04. The number of fused-ring (bicyclic) bond motifs is 1. The van der Waals surface area contributed by atoms with Crippen LogP contribution in [0.4, 0.5) is 6.01 Å². The molecule has 0 bridgehead atoms. The van der Waals surface area contributed by atoms with E-state index in [1.807, 2.05) is 36.2 Å². The lowest BCUT2D eigenvalue weighted by Crippen LogP contribution is -2.44. The van der Waals surface area contributed by atoms with Crippen LogP contribution in [0.1, 0.15) is 27.8 Å². The first-order chi connectivity index (χ1) is 23.3. The van der Waals surface area contributed by atoms with Gasteiger partial charge in [-0.3, -0.25) is 9.88 Å². The molecule has 11 heteroatoms. The van der Waals surface area contributed by atoms with E-state index in [2.05, 4.69) is 59.1 Å². The zero-order chi connectivity index (χ0) is 33.6. The monoisotopic (exact) mass is 666 g/mol. The number of piperazine rings is 1. The second kappa shape index (κ2) is 15.0. The lowest BCUT2D eigenvalue weighted by Gasteiger charge is -2.31. The van der Waals surface area contributed by atoms with Gasteiger partial charge in [0, 0.05) is 68.9 Å². The largest absolute Gasteiger partial charge is 0.488 e. The van der Waals surface area contributed by atoms with Gasteiger partial charge in [0.1, 0.15) is 36.3 Å². The molecular formula is C37H39ClN6O4. The predicted octanol–water partition coefficient (Wildman–Crippen LogP) is 6.06. The minimum absolute atomic E-state index is 0.0384. The van der Waals surface area contributed by atoms with Crippen molar-refractivity contribution < 1.29 is 19.0 Å². The van der Waals surface area contributed by atoms with Crippen molar-refractivity contribution in [2.45, 2.75) is 26.7 Å². The number of nitriles is 1. The van der Waals surface area contributed by atoms with Gasteiger partial charge >= 0.3 is 0 Å². The van der Waals surface area contributed by atoms with Crippen molar-refractivity contribution in [2.75, 3.05) is 58.3 Å². The van der Waals surface area contributed by atoms with Crippen LogP contribution in [0.3, 0.4) is 0 Å². The van der Waals surface area contributed by atoms with E-state index in [0.29, 0.717) is 47.8 Å². The number of aliphatic hydroxyl groups excluding tert-OH is 1. The van der Waals surface area contributed by atoms with Gasteiger partial charge < -0.3 is 28.8 Å². The number of nitrogens with zero attached hydrogens (tertiary/aromatic N) is 6. The molecule has 10 nitrogen and oxygen atoms in total. The van der Waals surface area contributed by atoms with Crippen molar-refractivity contribution in [3.8, 4) is 28.7 Å². The normalized spacial score (nSPS) is 13.6. The lowest BCUT2D eigenvalue weighted by atomic mass is 9.96. The minimum Gasteiger partial charge on any atom is -0.488 e. The topological polar surface area (TPSA) is 111 Å². The van der Waals surface area contributed by atoms with Crippen LogP contribution in [-0.4, -0.2) is 78.3 Å². The van der Waals surface area contributed by atoms with E-state index in [1.165, 1.54) is 6.20 Å². The summed E-state index contributed by atoms with van der Waals surface area (Å²) in [6.45, 7) is 7.43. The number of hydrogen-bond donors (Lipinski definition) is 1. The molecule has 6 rings (SSSR count). The molecule has 1 N–H and O–H groups in total. The number of halogens is 1. The zero-order valence-electron chi connectivity index (χ0n) is 27.4. The number of benzene rings is 3. The summed E-state index contributed by atoms with van der Waals surface area (Å²) < 4.78 is 18.7. The average molecular weight is 667 g/mol.